The number of hydrogen-bond donors (Lipinski definition) is 1. The molecule has 54 heavy (non-hydrogen) atoms. The van der Waals surface area contributed by atoms with Gasteiger partial charge in [-0.25, -0.2) is 9.98 Å². The Morgan fingerprint density at radius 3 is 1.78 bits per heavy atom. The van der Waals surface area contributed by atoms with Crippen molar-refractivity contribution in [2.24, 2.45) is 9.98 Å². The lowest BCUT2D eigenvalue weighted by molar-refractivity contribution is 0.438. The highest BCUT2D eigenvalue weighted by atomic mass is 16.5. The zero-order valence-corrected chi connectivity index (χ0v) is 29.3. The van der Waals surface area contributed by atoms with E-state index in [1.807, 2.05) is 18.2 Å². The number of nitrogens with zero attached hydrogens (tertiary/aromatic N) is 2. The number of benzene rings is 8. The lowest BCUT2D eigenvalue weighted by Gasteiger charge is -2.40. The number of para-hydroxylation sites is 2. The van der Waals surface area contributed by atoms with Crippen LogP contribution >= 0.6 is 0 Å². The molecule has 8 aromatic rings. The van der Waals surface area contributed by atoms with Crippen LogP contribution in [0.2, 0.25) is 0 Å². The van der Waals surface area contributed by atoms with Gasteiger partial charge in [0.25, 0.3) is 0 Å². The maximum Gasteiger partial charge on any atom is 0.169 e. The van der Waals surface area contributed by atoms with E-state index in [9.17, 15) is 0 Å². The summed E-state index contributed by atoms with van der Waals surface area (Å²) in [6, 6.07) is 66.6. The first-order valence-corrected chi connectivity index (χ1v) is 18.4. The molecule has 4 nitrogen and oxygen atoms in total. The number of fused-ring (bicyclic) bond motifs is 10. The Morgan fingerprint density at radius 1 is 0.426 bits per heavy atom. The summed E-state index contributed by atoms with van der Waals surface area (Å²) in [5.74, 6) is 3.27. The first-order valence-electron chi connectivity index (χ1n) is 18.4. The maximum absolute atomic E-state index is 7.06. The Morgan fingerprint density at radius 2 is 1.00 bits per heavy atom. The van der Waals surface area contributed by atoms with E-state index in [1.54, 1.807) is 0 Å². The minimum absolute atomic E-state index is 0.434. The highest BCUT2D eigenvalue weighted by Gasteiger charge is 2.51. The van der Waals surface area contributed by atoms with Crippen LogP contribution in [-0.4, -0.2) is 11.7 Å². The molecule has 0 aromatic heterocycles. The fourth-order valence-corrected chi connectivity index (χ4v) is 8.86. The van der Waals surface area contributed by atoms with Crippen molar-refractivity contribution in [2.45, 2.75) is 11.6 Å². The summed E-state index contributed by atoms with van der Waals surface area (Å²) >= 11 is 0. The molecule has 1 aliphatic carbocycles. The summed E-state index contributed by atoms with van der Waals surface area (Å²) in [4.78, 5) is 10.5. The predicted molar refractivity (Wildman–Crippen MR) is 219 cm³/mol. The minimum Gasteiger partial charge on any atom is -0.456 e. The van der Waals surface area contributed by atoms with Crippen molar-refractivity contribution in [1.82, 2.24) is 5.32 Å². The molecule has 2 heterocycles. The Labute approximate surface area is 313 Å². The van der Waals surface area contributed by atoms with E-state index in [0.29, 0.717) is 0 Å². The van der Waals surface area contributed by atoms with Crippen molar-refractivity contribution < 1.29 is 4.74 Å². The van der Waals surface area contributed by atoms with E-state index in [2.05, 4.69) is 175 Å². The van der Waals surface area contributed by atoms with Crippen molar-refractivity contribution in [1.29, 1.82) is 0 Å². The molecule has 0 saturated carbocycles. The van der Waals surface area contributed by atoms with Crippen LogP contribution in [0.5, 0.6) is 11.5 Å². The molecule has 8 aromatic carbocycles. The summed E-state index contributed by atoms with van der Waals surface area (Å²) in [7, 11) is 0. The SMILES string of the molecule is c1ccc(C2=NC(c3ccc4ccccc4c3)N=C(c3ccccc3-c3cccc4c3Oc3ccccc3C43c4ccccc4-c4ccccc43)N2)cc1. The van der Waals surface area contributed by atoms with Gasteiger partial charge >= 0.3 is 0 Å². The molecule has 0 amide bonds. The Balaban J connectivity index is 1.12. The molecule has 4 heteroatoms. The molecular weight excluding hydrogens is 659 g/mol. The summed E-state index contributed by atoms with van der Waals surface area (Å²) in [5, 5.41) is 6.02. The van der Waals surface area contributed by atoms with E-state index >= 15 is 0 Å². The normalized spacial score (nSPS) is 15.9. The van der Waals surface area contributed by atoms with Gasteiger partial charge in [-0.1, -0.05) is 176 Å². The third kappa shape index (κ3) is 4.50. The Bertz CT molecular complexity index is 2810. The number of aliphatic imine (C=N–C) groups is 2. The number of hydrogen-bond acceptors (Lipinski definition) is 4. The number of amidine groups is 2. The van der Waals surface area contributed by atoms with Crippen molar-refractivity contribution >= 4 is 22.4 Å². The predicted octanol–water partition coefficient (Wildman–Crippen LogP) is 11.5. The number of rotatable bonds is 4. The van der Waals surface area contributed by atoms with E-state index < -0.39 is 11.6 Å². The van der Waals surface area contributed by atoms with Gasteiger partial charge in [-0.15, -0.1) is 0 Å². The minimum atomic E-state index is -0.544. The van der Waals surface area contributed by atoms with Gasteiger partial charge in [0.05, 0.1) is 5.41 Å². The molecule has 2 aliphatic heterocycles. The fraction of sp³-hybridized carbons (Fsp3) is 0.0400. The summed E-state index contributed by atoms with van der Waals surface area (Å²) < 4.78 is 7.06. The average molecular weight is 692 g/mol. The van der Waals surface area contributed by atoms with Gasteiger partial charge in [-0.2, -0.15) is 0 Å². The Hall–Kier alpha value is -7.04. The lowest BCUT2D eigenvalue weighted by atomic mass is 9.65. The topological polar surface area (TPSA) is 46.0 Å². The van der Waals surface area contributed by atoms with Crippen LogP contribution in [0.25, 0.3) is 33.0 Å². The maximum atomic E-state index is 7.06. The molecular formula is C50H33N3O. The monoisotopic (exact) mass is 691 g/mol. The highest BCUT2D eigenvalue weighted by Crippen LogP contribution is 2.63. The van der Waals surface area contributed by atoms with Crippen LogP contribution in [-0.2, 0) is 5.41 Å². The second-order valence-electron chi connectivity index (χ2n) is 14.1. The van der Waals surface area contributed by atoms with Crippen molar-refractivity contribution in [3.63, 3.8) is 0 Å². The van der Waals surface area contributed by atoms with Crippen molar-refractivity contribution in [3.8, 4) is 33.8 Å². The summed E-state index contributed by atoms with van der Waals surface area (Å²) in [6.45, 7) is 0. The molecule has 0 bridgehead atoms. The van der Waals surface area contributed by atoms with E-state index in [1.165, 1.54) is 33.0 Å². The zero-order valence-electron chi connectivity index (χ0n) is 29.3. The zero-order chi connectivity index (χ0) is 35.6. The van der Waals surface area contributed by atoms with E-state index in [4.69, 9.17) is 14.7 Å². The first kappa shape index (κ1) is 30.6. The molecule has 1 N–H and O–H groups in total. The highest BCUT2D eigenvalue weighted by molar-refractivity contribution is 6.18. The van der Waals surface area contributed by atoms with Crippen molar-refractivity contribution in [2.75, 3.05) is 0 Å². The number of ether oxygens (including phenoxy) is 1. The molecule has 0 radical (unpaired) electrons. The third-order valence-electron chi connectivity index (χ3n) is 11.2. The summed E-state index contributed by atoms with van der Waals surface area (Å²) in [6.07, 6.45) is -0.434. The van der Waals surface area contributed by atoms with E-state index in [-0.39, 0.29) is 0 Å². The van der Waals surface area contributed by atoms with Crippen LogP contribution in [0.1, 0.15) is 45.1 Å². The standard InChI is InChI=1S/C50H33N3O/c1-2-16-33(17-3-1)47-51-48(35-30-29-32-15-4-5-18-34(32)31-35)53-49(52-47)40-22-7-6-19-36(40)39-23-14-27-44-46(39)54-45-28-13-12-26-43(45)50(44)41-24-10-8-20-37(41)38-21-9-11-25-42(38)50/h1-31,48H,(H,51,52,53). The molecule has 0 saturated heterocycles. The van der Waals surface area contributed by atoms with Gasteiger partial charge in [0.1, 0.15) is 23.2 Å². The fourth-order valence-electron chi connectivity index (χ4n) is 8.86. The van der Waals surface area contributed by atoms with Crippen LogP contribution < -0.4 is 10.1 Å². The van der Waals surface area contributed by atoms with Crippen molar-refractivity contribution in [3.05, 3.63) is 227 Å². The van der Waals surface area contributed by atoms with Crippen LogP contribution in [0.15, 0.2) is 198 Å². The van der Waals surface area contributed by atoms with Gasteiger partial charge in [0, 0.05) is 27.8 Å². The molecule has 11 rings (SSSR count). The lowest BCUT2D eigenvalue weighted by Crippen LogP contribution is -2.36. The quantitative estimate of drug-likeness (QED) is 0.200. The van der Waals surface area contributed by atoms with Crippen LogP contribution in [0, 0.1) is 0 Å². The molecule has 0 fully saturated rings. The van der Waals surface area contributed by atoms with Crippen LogP contribution in [0.3, 0.4) is 0 Å². The second kappa shape index (κ2) is 12.0. The molecule has 1 atom stereocenters. The molecule has 254 valence electrons. The Kier molecular flexibility index (Phi) is 6.80. The van der Waals surface area contributed by atoms with Gasteiger partial charge in [-0.3, -0.25) is 0 Å². The second-order valence-corrected chi connectivity index (χ2v) is 14.1. The smallest absolute Gasteiger partial charge is 0.169 e. The largest absolute Gasteiger partial charge is 0.456 e. The summed E-state index contributed by atoms with van der Waals surface area (Å²) in [5.41, 5.74) is 11.9. The first-order chi connectivity index (χ1) is 26.8. The van der Waals surface area contributed by atoms with Gasteiger partial charge in [-0.05, 0) is 56.3 Å². The van der Waals surface area contributed by atoms with E-state index in [0.717, 1.165) is 62.1 Å². The van der Waals surface area contributed by atoms with Gasteiger partial charge < -0.3 is 10.1 Å². The molecule has 1 unspecified atom stereocenters. The third-order valence-corrected chi connectivity index (χ3v) is 11.2. The number of nitrogens with one attached hydrogen (secondary N) is 1. The van der Waals surface area contributed by atoms with Crippen LogP contribution in [0.4, 0.5) is 0 Å². The average Bonchev–Trinajstić information content (AvgIpc) is 3.54. The molecule has 1 spiro atoms. The molecule has 3 aliphatic rings. The van der Waals surface area contributed by atoms with Gasteiger partial charge in [0.15, 0.2) is 6.17 Å². The van der Waals surface area contributed by atoms with Gasteiger partial charge in [0.2, 0.25) is 0 Å².